The van der Waals surface area contributed by atoms with Crippen LogP contribution in [0.25, 0.3) is 5.57 Å². The molecule has 1 atom stereocenters. The third-order valence-electron chi connectivity index (χ3n) is 6.19. The van der Waals surface area contributed by atoms with E-state index in [0.717, 1.165) is 46.1 Å². The van der Waals surface area contributed by atoms with Gasteiger partial charge in [0, 0.05) is 13.1 Å². The molecule has 0 fully saturated rings. The van der Waals surface area contributed by atoms with Crippen LogP contribution in [0.2, 0.25) is 0 Å². The summed E-state index contributed by atoms with van der Waals surface area (Å²) < 4.78 is 13.2. The molecule has 0 bridgehead atoms. The summed E-state index contributed by atoms with van der Waals surface area (Å²) in [6.45, 7) is 6.66. The van der Waals surface area contributed by atoms with E-state index in [4.69, 9.17) is 9.47 Å². The molecule has 0 saturated heterocycles. The summed E-state index contributed by atoms with van der Waals surface area (Å²) in [5, 5.41) is 12.9. The topological polar surface area (TPSA) is 65.3 Å². The smallest absolute Gasteiger partial charge is 0.231 e. The first-order valence-electron chi connectivity index (χ1n) is 11.0. The second-order valence-corrected chi connectivity index (χ2v) is 8.37. The number of fused-ring (bicyclic) bond motifs is 2. The first-order chi connectivity index (χ1) is 16.3. The van der Waals surface area contributed by atoms with Crippen molar-refractivity contribution in [1.29, 1.82) is 0 Å². The molecule has 4 aromatic rings. The van der Waals surface area contributed by atoms with Gasteiger partial charge < -0.3 is 9.47 Å². The van der Waals surface area contributed by atoms with Gasteiger partial charge in [0.15, 0.2) is 17.3 Å². The van der Waals surface area contributed by atoms with E-state index in [-0.39, 0.29) is 12.8 Å². The number of nitrogens with zero attached hydrogens (tertiary/aromatic N) is 5. The highest BCUT2D eigenvalue weighted by atomic mass is 16.7. The first-order valence-corrected chi connectivity index (χ1v) is 11.0. The minimum atomic E-state index is -0.154. The SMILES string of the molecule is C=C1CN(Cc2ccccc2)C(c2nnnn2Cc2ccccc2)c2cc3c(cc21)OCO3. The molecule has 0 radical (unpaired) electrons. The summed E-state index contributed by atoms with van der Waals surface area (Å²) in [4.78, 5) is 2.37. The van der Waals surface area contributed by atoms with Crippen LogP contribution in [0.1, 0.15) is 34.1 Å². The van der Waals surface area contributed by atoms with Crippen LogP contribution in [0.5, 0.6) is 11.5 Å². The second kappa shape index (κ2) is 8.18. The van der Waals surface area contributed by atoms with Crippen molar-refractivity contribution in [1.82, 2.24) is 25.1 Å². The summed E-state index contributed by atoms with van der Waals surface area (Å²) in [6, 6.07) is 24.6. The van der Waals surface area contributed by atoms with E-state index >= 15 is 0 Å². The van der Waals surface area contributed by atoms with Crippen LogP contribution >= 0.6 is 0 Å². The van der Waals surface area contributed by atoms with Crippen LogP contribution in [0.3, 0.4) is 0 Å². The first kappa shape index (κ1) is 19.7. The fraction of sp³-hybridized carbons (Fsp3) is 0.192. The quantitative estimate of drug-likeness (QED) is 0.469. The highest BCUT2D eigenvalue weighted by Crippen LogP contribution is 2.45. The molecule has 7 heteroatoms. The Morgan fingerprint density at radius 3 is 2.27 bits per heavy atom. The Morgan fingerprint density at radius 1 is 0.879 bits per heavy atom. The van der Waals surface area contributed by atoms with Crippen molar-refractivity contribution in [3.63, 3.8) is 0 Å². The maximum atomic E-state index is 5.72. The minimum absolute atomic E-state index is 0.154. The van der Waals surface area contributed by atoms with Crippen molar-refractivity contribution >= 4 is 5.57 Å². The zero-order chi connectivity index (χ0) is 22.2. The van der Waals surface area contributed by atoms with Crippen molar-refractivity contribution in [3.8, 4) is 11.5 Å². The van der Waals surface area contributed by atoms with E-state index in [0.29, 0.717) is 13.1 Å². The van der Waals surface area contributed by atoms with Crippen LogP contribution in [0.15, 0.2) is 79.4 Å². The molecule has 1 unspecified atom stereocenters. The number of hydrogen-bond acceptors (Lipinski definition) is 6. The zero-order valence-corrected chi connectivity index (χ0v) is 18.1. The number of tetrazole rings is 1. The normalized spacial score (nSPS) is 17.2. The highest BCUT2D eigenvalue weighted by Gasteiger charge is 2.36. The average Bonchev–Trinajstić information content (AvgIpc) is 3.49. The van der Waals surface area contributed by atoms with Gasteiger partial charge in [0.1, 0.15) is 0 Å². The fourth-order valence-corrected chi connectivity index (χ4v) is 4.65. The van der Waals surface area contributed by atoms with Crippen LogP contribution in [0.4, 0.5) is 0 Å². The van der Waals surface area contributed by atoms with Crippen LogP contribution in [0, 0.1) is 0 Å². The van der Waals surface area contributed by atoms with Crippen molar-refractivity contribution in [2.75, 3.05) is 13.3 Å². The van der Waals surface area contributed by atoms with Gasteiger partial charge in [0.25, 0.3) is 0 Å². The van der Waals surface area contributed by atoms with Gasteiger partial charge in [-0.05, 0) is 50.4 Å². The van der Waals surface area contributed by atoms with E-state index in [1.807, 2.05) is 35.0 Å². The number of benzene rings is 3. The average molecular weight is 438 g/mol. The van der Waals surface area contributed by atoms with Gasteiger partial charge in [-0.25, -0.2) is 4.68 Å². The van der Waals surface area contributed by atoms with Gasteiger partial charge in [-0.1, -0.05) is 67.2 Å². The predicted molar refractivity (Wildman–Crippen MR) is 124 cm³/mol. The molecule has 6 rings (SSSR count). The Balaban J connectivity index is 1.46. The third-order valence-corrected chi connectivity index (χ3v) is 6.19. The van der Waals surface area contributed by atoms with Crippen molar-refractivity contribution in [2.45, 2.75) is 19.1 Å². The number of rotatable bonds is 5. The van der Waals surface area contributed by atoms with Gasteiger partial charge in [0.2, 0.25) is 6.79 Å². The lowest BCUT2D eigenvalue weighted by Gasteiger charge is -2.37. The molecule has 0 amide bonds. The van der Waals surface area contributed by atoms with Gasteiger partial charge in [0.05, 0.1) is 12.6 Å². The van der Waals surface area contributed by atoms with E-state index in [1.165, 1.54) is 5.56 Å². The van der Waals surface area contributed by atoms with E-state index in [1.54, 1.807) is 0 Å². The van der Waals surface area contributed by atoms with Gasteiger partial charge in [-0.2, -0.15) is 0 Å². The lowest BCUT2D eigenvalue weighted by molar-refractivity contribution is 0.174. The zero-order valence-electron chi connectivity index (χ0n) is 18.1. The van der Waals surface area contributed by atoms with E-state index in [2.05, 4.69) is 69.5 Å². The number of aromatic nitrogens is 4. The van der Waals surface area contributed by atoms with Crippen molar-refractivity contribution in [3.05, 3.63) is 107 Å². The summed E-state index contributed by atoms with van der Waals surface area (Å²) in [6.07, 6.45) is 0. The Kier molecular flexibility index (Phi) is 4.88. The molecule has 7 nitrogen and oxygen atoms in total. The lowest BCUT2D eigenvalue weighted by Crippen LogP contribution is -2.36. The fourth-order valence-electron chi connectivity index (χ4n) is 4.65. The predicted octanol–water partition coefficient (Wildman–Crippen LogP) is 4.07. The summed E-state index contributed by atoms with van der Waals surface area (Å²) in [7, 11) is 0. The molecule has 1 aromatic heterocycles. The maximum Gasteiger partial charge on any atom is 0.231 e. The summed E-state index contributed by atoms with van der Waals surface area (Å²) in [5.41, 5.74) is 5.56. The Morgan fingerprint density at radius 2 is 1.55 bits per heavy atom. The molecule has 164 valence electrons. The largest absolute Gasteiger partial charge is 0.454 e. The molecule has 3 heterocycles. The molecule has 2 aliphatic heterocycles. The molecular formula is C26H23N5O2. The molecule has 0 saturated carbocycles. The molecule has 3 aromatic carbocycles. The minimum Gasteiger partial charge on any atom is -0.454 e. The second-order valence-electron chi connectivity index (χ2n) is 8.37. The number of ether oxygens (including phenoxy) is 2. The van der Waals surface area contributed by atoms with Crippen LogP contribution in [-0.4, -0.2) is 38.4 Å². The Bertz CT molecular complexity index is 1300. The summed E-state index contributed by atoms with van der Waals surface area (Å²) in [5.74, 6) is 2.30. The standard InChI is InChI=1S/C26H23N5O2/c1-18-14-30(15-19-8-4-2-5-9-19)25(22-13-24-23(12-21(18)22)32-17-33-24)26-27-28-29-31(26)16-20-10-6-3-7-11-20/h2-13,25H,1,14-17H2. The molecular weight excluding hydrogens is 414 g/mol. The van der Waals surface area contributed by atoms with Gasteiger partial charge >= 0.3 is 0 Å². The third kappa shape index (κ3) is 3.66. The molecule has 0 spiro atoms. The summed E-state index contributed by atoms with van der Waals surface area (Å²) >= 11 is 0. The lowest BCUT2D eigenvalue weighted by atomic mass is 9.88. The molecule has 0 aliphatic carbocycles. The van der Waals surface area contributed by atoms with E-state index in [9.17, 15) is 0 Å². The van der Waals surface area contributed by atoms with Crippen LogP contribution in [-0.2, 0) is 13.1 Å². The van der Waals surface area contributed by atoms with Gasteiger partial charge in [-0.15, -0.1) is 5.10 Å². The monoisotopic (exact) mass is 437 g/mol. The Hall–Kier alpha value is -3.97. The molecule has 2 aliphatic rings. The van der Waals surface area contributed by atoms with Crippen molar-refractivity contribution in [2.24, 2.45) is 0 Å². The van der Waals surface area contributed by atoms with Crippen molar-refractivity contribution < 1.29 is 9.47 Å². The molecule has 0 N–H and O–H groups in total. The molecule has 33 heavy (non-hydrogen) atoms. The van der Waals surface area contributed by atoms with Gasteiger partial charge in [-0.3, -0.25) is 4.90 Å². The van der Waals surface area contributed by atoms with Crippen LogP contribution < -0.4 is 9.47 Å². The van der Waals surface area contributed by atoms with E-state index < -0.39 is 0 Å². The maximum absolute atomic E-state index is 5.72. The Labute approximate surface area is 191 Å². The highest BCUT2D eigenvalue weighted by molar-refractivity contribution is 5.73. The number of hydrogen-bond donors (Lipinski definition) is 0.